The van der Waals surface area contributed by atoms with Gasteiger partial charge in [0.05, 0.1) is 22.7 Å². The van der Waals surface area contributed by atoms with Crippen LogP contribution in [0.15, 0.2) is 53.4 Å². The van der Waals surface area contributed by atoms with Crippen LogP contribution < -0.4 is 4.74 Å². The van der Waals surface area contributed by atoms with E-state index in [1.54, 1.807) is 19.2 Å². The first-order valence-corrected chi connectivity index (χ1v) is 11.5. The van der Waals surface area contributed by atoms with Gasteiger partial charge in [0.2, 0.25) is 0 Å². The highest BCUT2D eigenvalue weighted by Crippen LogP contribution is 2.36. The molecule has 146 valence electrons. The fraction of sp³-hybridized carbons (Fsp3) is 0.273. The third-order valence-electron chi connectivity index (χ3n) is 5.27. The molecule has 0 N–H and O–H groups in total. The van der Waals surface area contributed by atoms with E-state index in [0.29, 0.717) is 15.7 Å². The van der Waals surface area contributed by atoms with Crippen LogP contribution in [-0.4, -0.2) is 26.4 Å². The first-order valence-electron chi connectivity index (χ1n) is 9.26. The maximum absolute atomic E-state index is 11.8. The Kier molecular flexibility index (Phi) is 4.98. The van der Waals surface area contributed by atoms with Crippen molar-refractivity contribution >= 4 is 21.4 Å². The number of hydrogen-bond acceptors (Lipinski definition) is 3. The Morgan fingerprint density at radius 3 is 2.36 bits per heavy atom. The Hall–Kier alpha value is -2.24. The molecule has 0 fully saturated rings. The van der Waals surface area contributed by atoms with E-state index in [9.17, 15) is 8.42 Å². The summed E-state index contributed by atoms with van der Waals surface area (Å²) >= 11 is 6.39. The van der Waals surface area contributed by atoms with E-state index < -0.39 is 9.84 Å². The van der Waals surface area contributed by atoms with Crippen LogP contribution in [0.1, 0.15) is 24.1 Å². The number of sulfone groups is 1. The second-order valence-electron chi connectivity index (χ2n) is 7.16. The summed E-state index contributed by atoms with van der Waals surface area (Å²) in [5, 5.41) is 0.566. The second kappa shape index (κ2) is 7.30. The molecule has 1 aliphatic rings. The zero-order chi connectivity index (χ0) is 19.9. The van der Waals surface area contributed by atoms with E-state index in [4.69, 9.17) is 16.3 Å². The van der Waals surface area contributed by atoms with Gasteiger partial charge in [-0.05, 0) is 73.2 Å². The maximum Gasteiger partial charge on any atom is 0.175 e. The topological polar surface area (TPSA) is 48.3 Å². The van der Waals surface area contributed by atoms with Crippen molar-refractivity contribution in [2.24, 2.45) is 0 Å². The molecule has 1 aromatic heterocycles. The average molecular weight is 416 g/mol. The minimum absolute atomic E-state index is 0.326. The van der Waals surface area contributed by atoms with Crippen molar-refractivity contribution in [2.75, 3.05) is 13.4 Å². The van der Waals surface area contributed by atoms with Crippen LogP contribution in [0, 0.1) is 0 Å². The molecule has 0 bridgehead atoms. The molecule has 1 heterocycles. The molecule has 3 aromatic rings. The predicted molar refractivity (Wildman–Crippen MR) is 113 cm³/mol. The number of methoxy groups -OCH3 is 1. The molecule has 0 spiro atoms. The van der Waals surface area contributed by atoms with Gasteiger partial charge in [0.15, 0.2) is 9.84 Å². The lowest BCUT2D eigenvalue weighted by Crippen LogP contribution is -2.08. The van der Waals surface area contributed by atoms with Gasteiger partial charge < -0.3 is 9.30 Å². The summed E-state index contributed by atoms with van der Waals surface area (Å²) < 4.78 is 31.1. The number of fused-ring (bicyclic) bond motifs is 1. The molecule has 0 saturated carbocycles. The van der Waals surface area contributed by atoms with Gasteiger partial charge in [-0.3, -0.25) is 0 Å². The largest absolute Gasteiger partial charge is 0.495 e. The minimum Gasteiger partial charge on any atom is -0.495 e. The van der Waals surface area contributed by atoms with Gasteiger partial charge in [-0.25, -0.2) is 8.42 Å². The number of halogens is 1. The molecular weight excluding hydrogens is 394 g/mol. The van der Waals surface area contributed by atoms with Crippen LogP contribution in [0.5, 0.6) is 5.75 Å². The molecule has 0 atom stereocenters. The summed E-state index contributed by atoms with van der Waals surface area (Å²) in [5.74, 6) is 0.644. The highest BCUT2D eigenvalue weighted by Gasteiger charge is 2.21. The Bertz CT molecular complexity index is 1130. The molecule has 0 saturated heterocycles. The molecule has 1 aliphatic carbocycles. The average Bonchev–Trinajstić information content (AvgIpc) is 3.07. The summed E-state index contributed by atoms with van der Waals surface area (Å²) in [7, 11) is -1.61. The molecule has 4 nitrogen and oxygen atoms in total. The van der Waals surface area contributed by atoms with Crippen LogP contribution in [0.25, 0.3) is 16.9 Å². The number of ether oxygens (including phenoxy) is 1. The van der Waals surface area contributed by atoms with Crippen LogP contribution in [0.2, 0.25) is 5.02 Å². The normalized spacial score (nSPS) is 14.0. The van der Waals surface area contributed by atoms with Crippen molar-refractivity contribution in [1.29, 1.82) is 0 Å². The molecule has 0 aliphatic heterocycles. The molecule has 0 amide bonds. The molecule has 0 unspecified atom stereocenters. The van der Waals surface area contributed by atoms with E-state index in [1.807, 2.05) is 30.3 Å². The maximum atomic E-state index is 11.8. The Morgan fingerprint density at radius 1 is 1.00 bits per heavy atom. The smallest absolute Gasteiger partial charge is 0.175 e. The summed E-state index contributed by atoms with van der Waals surface area (Å²) in [6.45, 7) is 0. The molecule has 2 aromatic carbocycles. The molecule has 6 heteroatoms. The van der Waals surface area contributed by atoms with Crippen molar-refractivity contribution in [3.8, 4) is 22.7 Å². The van der Waals surface area contributed by atoms with Crippen LogP contribution in [0.4, 0.5) is 0 Å². The van der Waals surface area contributed by atoms with Crippen molar-refractivity contribution in [3.05, 3.63) is 64.8 Å². The molecule has 28 heavy (non-hydrogen) atoms. The Balaban J connectivity index is 1.88. The molecule has 4 rings (SSSR count). The fourth-order valence-electron chi connectivity index (χ4n) is 3.87. The zero-order valence-corrected chi connectivity index (χ0v) is 17.5. The fourth-order valence-corrected chi connectivity index (χ4v) is 4.76. The van der Waals surface area contributed by atoms with E-state index >= 15 is 0 Å². The van der Waals surface area contributed by atoms with Crippen molar-refractivity contribution in [3.63, 3.8) is 0 Å². The van der Waals surface area contributed by atoms with Gasteiger partial charge in [0, 0.05) is 17.6 Å². The SMILES string of the molecule is COc1ccc(-n2c(-c3ccc(S(C)(=O)=O)cc3)cc3c2CCCC3)cc1Cl. The number of nitrogens with zero attached hydrogens (tertiary/aromatic N) is 1. The summed E-state index contributed by atoms with van der Waals surface area (Å²) in [5.41, 5.74) is 5.66. The van der Waals surface area contributed by atoms with Crippen LogP contribution in [0.3, 0.4) is 0 Å². The Labute approximate surface area is 170 Å². The van der Waals surface area contributed by atoms with Gasteiger partial charge in [-0.2, -0.15) is 0 Å². The number of aromatic nitrogens is 1. The van der Waals surface area contributed by atoms with Crippen molar-refractivity contribution in [2.45, 2.75) is 30.6 Å². The first kappa shape index (κ1) is 19.1. The minimum atomic E-state index is -3.22. The third-order valence-corrected chi connectivity index (χ3v) is 6.70. The lowest BCUT2D eigenvalue weighted by atomic mass is 9.98. The van der Waals surface area contributed by atoms with Gasteiger partial charge in [0.25, 0.3) is 0 Å². The monoisotopic (exact) mass is 415 g/mol. The van der Waals surface area contributed by atoms with E-state index in [2.05, 4.69) is 10.6 Å². The third kappa shape index (κ3) is 3.45. The Morgan fingerprint density at radius 2 is 1.71 bits per heavy atom. The lowest BCUT2D eigenvalue weighted by molar-refractivity contribution is 0.415. The predicted octanol–water partition coefficient (Wildman–Crippen LogP) is 5.09. The van der Waals surface area contributed by atoms with Gasteiger partial charge in [-0.15, -0.1) is 0 Å². The molecule has 0 radical (unpaired) electrons. The second-order valence-corrected chi connectivity index (χ2v) is 9.58. The summed E-state index contributed by atoms with van der Waals surface area (Å²) in [6, 6.07) is 15.1. The highest BCUT2D eigenvalue weighted by atomic mass is 35.5. The van der Waals surface area contributed by atoms with Crippen LogP contribution >= 0.6 is 11.6 Å². The van der Waals surface area contributed by atoms with E-state index in [1.165, 1.54) is 23.9 Å². The highest BCUT2D eigenvalue weighted by molar-refractivity contribution is 7.90. The first-order chi connectivity index (χ1) is 13.4. The standard InChI is InChI=1S/C22H22ClNO3S/c1-27-22-12-9-17(14-19(22)23)24-20-6-4-3-5-16(20)13-21(24)15-7-10-18(11-8-15)28(2,25)26/h7-14H,3-6H2,1-2H3. The van der Waals surface area contributed by atoms with Gasteiger partial charge in [0.1, 0.15) is 5.75 Å². The van der Waals surface area contributed by atoms with E-state index in [0.717, 1.165) is 36.2 Å². The zero-order valence-electron chi connectivity index (χ0n) is 15.9. The van der Waals surface area contributed by atoms with Crippen molar-refractivity contribution < 1.29 is 13.2 Å². The summed E-state index contributed by atoms with van der Waals surface area (Å²) in [4.78, 5) is 0.326. The van der Waals surface area contributed by atoms with E-state index in [-0.39, 0.29) is 0 Å². The molecular formula is C22H22ClNO3S. The quantitative estimate of drug-likeness (QED) is 0.596. The lowest BCUT2D eigenvalue weighted by Gasteiger charge is -2.18. The van der Waals surface area contributed by atoms with Crippen LogP contribution in [-0.2, 0) is 22.7 Å². The van der Waals surface area contributed by atoms with Crippen molar-refractivity contribution in [1.82, 2.24) is 4.57 Å². The summed E-state index contributed by atoms with van der Waals surface area (Å²) in [6.07, 6.45) is 5.64. The van der Waals surface area contributed by atoms with Gasteiger partial charge >= 0.3 is 0 Å². The number of benzene rings is 2. The number of hydrogen-bond donors (Lipinski definition) is 0. The van der Waals surface area contributed by atoms with Gasteiger partial charge in [-0.1, -0.05) is 23.7 Å². The number of rotatable bonds is 4. The number of aryl methyl sites for hydroxylation is 1.